The van der Waals surface area contributed by atoms with E-state index in [0.29, 0.717) is 23.5 Å². The lowest BCUT2D eigenvalue weighted by Crippen LogP contribution is -2.47. The van der Waals surface area contributed by atoms with Crippen LogP contribution in [-0.4, -0.2) is 60.6 Å². The number of aromatic nitrogens is 3. The number of rotatable bonds is 3. The number of carbonyl (C=O) groups excluding carboxylic acids is 1. The molecule has 8 heteroatoms. The van der Waals surface area contributed by atoms with Crippen molar-refractivity contribution in [2.24, 2.45) is 0 Å². The van der Waals surface area contributed by atoms with Crippen LogP contribution >= 0.6 is 11.8 Å². The van der Waals surface area contributed by atoms with E-state index >= 15 is 0 Å². The van der Waals surface area contributed by atoms with Gasteiger partial charge in [-0.2, -0.15) is 16.9 Å². The number of amides is 1. The van der Waals surface area contributed by atoms with Gasteiger partial charge < -0.3 is 10.0 Å². The molecule has 2 aromatic rings. The fourth-order valence-corrected chi connectivity index (χ4v) is 3.62. The normalized spacial score (nSPS) is 18.6. The topological polar surface area (TPSA) is 87.8 Å². The van der Waals surface area contributed by atoms with Gasteiger partial charge in [-0.25, -0.2) is 9.50 Å². The maximum atomic E-state index is 12.8. The summed E-state index contributed by atoms with van der Waals surface area (Å²) in [5, 5.41) is 13.2. The van der Waals surface area contributed by atoms with E-state index in [9.17, 15) is 9.59 Å². The van der Waals surface area contributed by atoms with Crippen molar-refractivity contribution in [1.82, 2.24) is 19.5 Å². The highest BCUT2D eigenvalue weighted by molar-refractivity contribution is 7.99. The first-order chi connectivity index (χ1) is 10.6. The Morgan fingerprint density at radius 2 is 2.32 bits per heavy atom. The van der Waals surface area contributed by atoms with E-state index in [4.69, 9.17) is 5.11 Å². The zero-order valence-corrected chi connectivity index (χ0v) is 12.9. The van der Waals surface area contributed by atoms with Crippen molar-refractivity contribution in [2.75, 3.05) is 18.1 Å². The van der Waals surface area contributed by atoms with Crippen LogP contribution in [0.3, 0.4) is 0 Å². The second kappa shape index (κ2) is 5.96. The molecule has 0 radical (unpaired) electrons. The Hall–Kier alpha value is -2.09. The number of nitrogens with zero attached hydrogens (tertiary/aromatic N) is 4. The second-order valence-corrected chi connectivity index (χ2v) is 6.37. The Morgan fingerprint density at radius 1 is 1.50 bits per heavy atom. The largest absolute Gasteiger partial charge is 0.481 e. The lowest BCUT2D eigenvalue weighted by atomic mass is 10.1. The number of hydrogen-bond donors (Lipinski definition) is 1. The summed E-state index contributed by atoms with van der Waals surface area (Å²) in [5.74, 6) is 0.371. The number of aliphatic carboxylic acids is 1. The minimum Gasteiger partial charge on any atom is -0.481 e. The molecular weight excluding hydrogens is 304 g/mol. The molecule has 1 amide bonds. The molecule has 22 heavy (non-hydrogen) atoms. The Morgan fingerprint density at radius 3 is 3.09 bits per heavy atom. The molecule has 1 fully saturated rings. The molecule has 1 atom stereocenters. The van der Waals surface area contributed by atoms with Gasteiger partial charge in [0.2, 0.25) is 0 Å². The van der Waals surface area contributed by atoms with Crippen LogP contribution < -0.4 is 0 Å². The van der Waals surface area contributed by atoms with Crippen molar-refractivity contribution in [3.63, 3.8) is 0 Å². The van der Waals surface area contributed by atoms with Gasteiger partial charge in [-0.1, -0.05) is 0 Å². The van der Waals surface area contributed by atoms with E-state index in [1.165, 1.54) is 6.20 Å². The molecule has 1 unspecified atom stereocenters. The van der Waals surface area contributed by atoms with Crippen LogP contribution in [0.1, 0.15) is 22.5 Å². The fraction of sp³-hybridized carbons (Fsp3) is 0.429. The van der Waals surface area contributed by atoms with Gasteiger partial charge >= 0.3 is 5.97 Å². The maximum Gasteiger partial charge on any atom is 0.305 e. The summed E-state index contributed by atoms with van der Waals surface area (Å²) in [6.45, 7) is 2.40. The van der Waals surface area contributed by atoms with Gasteiger partial charge in [0, 0.05) is 29.9 Å². The van der Waals surface area contributed by atoms with Crippen LogP contribution in [-0.2, 0) is 4.79 Å². The van der Waals surface area contributed by atoms with E-state index in [1.807, 2.05) is 13.0 Å². The lowest BCUT2D eigenvalue weighted by Gasteiger charge is -2.34. The number of hydrogen-bond acceptors (Lipinski definition) is 5. The molecule has 2 aromatic heterocycles. The highest BCUT2D eigenvalue weighted by Gasteiger charge is 2.31. The van der Waals surface area contributed by atoms with E-state index in [-0.39, 0.29) is 18.4 Å². The van der Waals surface area contributed by atoms with E-state index in [2.05, 4.69) is 10.1 Å². The summed E-state index contributed by atoms with van der Waals surface area (Å²) >= 11 is 1.68. The molecule has 0 aliphatic carbocycles. The number of fused-ring (bicyclic) bond motifs is 1. The van der Waals surface area contributed by atoms with Crippen LogP contribution in [0, 0.1) is 6.92 Å². The van der Waals surface area contributed by atoms with Gasteiger partial charge in [0.1, 0.15) is 5.56 Å². The van der Waals surface area contributed by atoms with Crippen LogP contribution in [0.25, 0.3) is 5.65 Å². The van der Waals surface area contributed by atoms with Crippen molar-refractivity contribution in [2.45, 2.75) is 19.4 Å². The van der Waals surface area contributed by atoms with E-state index < -0.39 is 5.97 Å². The first-order valence-electron chi connectivity index (χ1n) is 6.98. The lowest BCUT2D eigenvalue weighted by molar-refractivity contribution is -0.138. The minimum absolute atomic E-state index is 0.0373. The quantitative estimate of drug-likeness (QED) is 0.910. The number of carboxylic acid groups (broad SMARTS) is 1. The molecule has 1 N–H and O–H groups in total. The second-order valence-electron chi connectivity index (χ2n) is 5.22. The molecule has 3 rings (SSSR count). The number of carbonyl (C=O) groups is 2. The Kier molecular flexibility index (Phi) is 4.02. The third-order valence-corrected chi connectivity index (χ3v) is 4.73. The molecule has 1 aliphatic rings. The van der Waals surface area contributed by atoms with Crippen molar-refractivity contribution in [3.05, 3.63) is 29.7 Å². The first-order valence-corrected chi connectivity index (χ1v) is 8.13. The molecular formula is C14H16N4O3S. The average molecular weight is 320 g/mol. The fourth-order valence-electron chi connectivity index (χ4n) is 2.56. The van der Waals surface area contributed by atoms with Crippen molar-refractivity contribution in [3.8, 4) is 0 Å². The Bertz CT molecular complexity index is 730. The summed E-state index contributed by atoms with van der Waals surface area (Å²) in [4.78, 5) is 29.8. The van der Waals surface area contributed by atoms with Gasteiger partial charge in [0.05, 0.1) is 18.7 Å². The predicted octanol–water partition coefficient (Wildman–Crippen LogP) is 1.07. The van der Waals surface area contributed by atoms with Crippen LogP contribution in [0.15, 0.2) is 18.5 Å². The SMILES string of the molecule is Cc1ccn2ncc(C(=O)N3CCSCC3CC(=O)O)c2n1. The summed E-state index contributed by atoms with van der Waals surface area (Å²) in [6, 6.07) is 1.53. The molecule has 0 bridgehead atoms. The average Bonchev–Trinajstić information content (AvgIpc) is 2.89. The molecule has 0 spiro atoms. The monoisotopic (exact) mass is 320 g/mol. The minimum atomic E-state index is -0.890. The number of thioether (sulfide) groups is 1. The summed E-state index contributed by atoms with van der Waals surface area (Å²) in [7, 11) is 0. The van der Waals surface area contributed by atoms with Gasteiger partial charge in [-0.05, 0) is 13.0 Å². The number of aryl methyl sites for hydroxylation is 1. The Labute approximate surface area is 131 Å². The maximum absolute atomic E-state index is 12.8. The molecule has 1 aliphatic heterocycles. The molecule has 1 saturated heterocycles. The third kappa shape index (κ3) is 2.78. The van der Waals surface area contributed by atoms with Crippen LogP contribution in [0.4, 0.5) is 0 Å². The van der Waals surface area contributed by atoms with Crippen molar-refractivity contribution < 1.29 is 14.7 Å². The Balaban J connectivity index is 1.93. The molecule has 7 nitrogen and oxygen atoms in total. The zero-order valence-electron chi connectivity index (χ0n) is 12.1. The number of carboxylic acids is 1. The highest BCUT2D eigenvalue weighted by atomic mass is 32.2. The summed E-state index contributed by atoms with van der Waals surface area (Å²) in [6.07, 6.45) is 3.23. The first kappa shape index (κ1) is 14.8. The molecule has 116 valence electrons. The van der Waals surface area contributed by atoms with Gasteiger partial charge in [-0.3, -0.25) is 9.59 Å². The van der Waals surface area contributed by atoms with Gasteiger partial charge in [0.15, 0.2) is 5.65 Å². The van der Waals surface area contributed by atoms with Gasteiger partial charge in [-0.15, -0.1) is 0 Å². The smallest absolute Gasteiger partial charge is 0.305 e. The van der Waals surface area contributed by atoms with Crippen molar-refractivity contribution >= 4 is 29.3 Å². The third-order valence-electron chi connectivity index (χ3n) is 3.64. The highest BCUT2D eigenvalue weighted by Crippen LogP contribution is 2.22. The zero-order chi connectivity index (χ0) is 15.7. The van der Waals surface area contributed by atoms with Crippen LogP contribution in [0.5, 0.6) is 0 Å². The van der Waals surface area contributed by atoms with Gasteiger partial charge in [0.25, 0.3) is 5.91 Å². The predicted molar refractivity (Wildman–Crippen MR) is 82.1 cm³/mol. The standard InChI is InChI=1S/C14H16N4O3S/c1-9-2-3-18-13(16-9)11(7-15-18)14(21)17-4-5-22-8-10(17)6-12(19)20/h2-3,7,10H,4-6,8H2,1H3,(H,19,20). The van der Waals surface area contributed by atoms with E-state index in [1.54, 1.807) is 27.4 Å². The van der Waals surface area contributed by atoms with E-state index in [0.717, 1.165) is 11.4 Å². The molecule has 3 heterocycles. The molecule has 0 aromatic carbocycles. The molecule has 0 saturated carbocycles. The summed E-state index contributed by atoms with van der Waals surface area (Å²) < 4.78 is 1.56. The summed E-state index contributed by atoms with van der Waals surface area (Å²) in [5.41, 5.74) is 1.74. The van der Waals surface area contributed by atoms with Crippen LogP contribution in [0.2, 0.25) is 0 Å². The van der Waals surface area contributed by atoms with Crippen molar-refractivity contribution in [1.29, 1.82) is 0 Å².